The maximum atomic E-state index is 14.2. The van der Waals surface area contributed by atoms with Crippen LogP contribution >= 0.6 is 11.6 Å². The number of nitrogens with zero attached hydrogens (tertiary/aromatic N) is 7. The smallest absolute Gasteiger partial charge is 0.289 e. The van der Waals surface area contributed by atoms with Crippen molar-refractivity contribution < 1.29 is 18.0 Å². The van der Waals surface area contributed by atoms with Gasteiger partial charge < -0.3 is 11.1 Å². The minimum Gasteiger partial charge on any atom is -0.383 e. The van der Waals surface area contributed by atoms with Gasteiger partial charge in [-0.05, 0) is 38.1 Å². The molecule has 1 unspecified atom stereocenters. The number of hydrogen-bond acceptors (Lipinski definition) is 8. The Hall–Kier alpha value is -4.85. The average molecular weight is 584 g/mol. The molecule has 0 fully saturated rings. The topological polar surface area (TPSA) is 146 Å². The number of nitrogens with one attached hydrogen (secondary N) is 1. The Morgan fingerprint density at radius 1 is 1.02 bits per heavy atom. The molecule has 5 rings (SSSR count). The number of halogens is 4. The minimum atomic E-state index is -3.34. The second-order valence-electron chi connectivity index (χ2n) is 9.15. The van der Waals surface area contributed by atoms with Gasteiger partial charge in [0.1, 0.15) is 17.8 Å². The summed E-state index contributed by atoms with van der Waals surface area (Å²) < 4.78 is 42.4. The Morgan fingerprint density at radius 3 is 2.39 bits per heavy atom. The van der Waals surface area contributed by atoms with Crippen LogP contribution in [0.2, 0.25) is 5.02 Å². The molecule has 1 aromatic carbocycles. The molecule has 0 saturated carbocycles. The molecule has 0 radical (unpaired) electrons. The summed E-state index contributed by atoms with van der Waals surface area (Å²) in [5.74, 6) is -0.838. The van der Waals surface area contributed by atoms with Crippen LogP contribution in [-0.2, 0) is 0 Å². The number of carbonyl (C=O) groups excluding carboxylic acids is 1. The summed E-state index contributed by atoms with van der Waals surface area (Å²) in [5.41, 5.74) is 5.98. The molecular weight excluding hydrogens is 563 g/mol. The molecule has 4 heterocycles. The summed E-state index contributed by atoms with van der Waals surface area (Å²) in [6.45, 7) is 3.68. The highest BCUT2D eigenvalue weighted by Crippen LogP contribution is 2.33. The lowest BCUT2D eigenvalue weighted by molar-refractivity contribution is 0.00323. The van der Waals surface area contributed by atoms with E-state index in [1.165, 1.54) is 41.3 Å². The molecule has 0 aliphatic carbocycles. The monoisotopic (exact) mass is 583 g/mol. The zero-order valence-corrected chi connectivity index (χ0v) is 22.2. The van der Waals surface area contributed by atoms with Crippen molar-refractivity contribution in [2.45, 2.75) is 32.6 Å². The van der Waals surface area contributed by atoms with Gasteiger partial charge in [-0.3, -0.25) is 19.3 Å². The van der Waals surface area contributed by atoms with Gasteiger partial charge in [-0.2, -0.15) is 10.2 Å². The first kappa shape index (κ1) is 27.7. The standard InChI is InChI=1S/C26H21ClF3N9O2/c1-12(2)38-10-16(17-8-5-14(27)9-32-17)21(40)20(36-38)26(41)35-15-6-3-13(4-7-15)19-18-24(31)33-11-34-25(18)39(37-19)23(30)22(28)29/h3-12,22-23H,1-2H3,(H,35,41)(H2,31,33,34). The Morgan fingerprint density at radius 2 is 1.76 bits per heavy atom. The number of benzene rings is 1. The minimum absolute atomic E-state index is 0.0716. The Labute approximate surface area is 234 Å². The summed E-state index contributed by atoms with van der Waals surface area (Å²) in [7, 11) is 0. The second-order valence-corrected chi connectivity index (χ2v) is 9.58. The van der Waals surface area contributed by atoms with E-state index in [1.807, 2.05) is 13.8 Å². The van der Waals surface area contributed by atoms with Crippen molar-refractivity contribution in [1.82, 2.24) is 34.5 Å². The van der Waals surface area contributed by atoms with Crippen LogP contribution < -0.4 is 16.5 Å². The molecule has 0 saturated heterocycles. The van der Waals surface area contributed by atoms with E-state index < -0.39 is 24.1 Å². The third-order valence-electron chi connectivity index (χ3n) is 6.06. The van der Waals surface area contributed by atoms with Crippen LogP contribution in [0.3, 0.4) is 0 Å². The average Bonchev–Trinajstić information content (AvgIpc) is 3.34. The van der Waals surface area contributed by atoms with Crippen LogP contribution in [0.4, 0.5) is 24.7 Å². The van der Waals surface area contributed by atoms with E-state index in [9.17, 15) is 22.8 Å². The van der Waals surface area contributed by atoms with Gasteiger partial charge in [-0.25, -0.2) is 27.8 Å². The molecule has 1 amide bonds. The van der Waals surface area contributed by atoms with Gasteiger partial charge in [0, 0.05) is 29.7 Å². The number of anilines is 2. The maximum Gasteiger partial charge on any atom is 0.289 e. The molecular formula is C26H21ClF3N9O2. The first-order valence-corrected chi connectivity index (χ1v) is 12.5. The highest BCUT2D eigenvalue weighted by molar-refractivity contribution is 6.30. The molecule has 0 aliphatic heterocycles. The highest BCUT2D eigenvalue weighted by atomic mass is 35.5. The summed E-state index contributed by atoms with van der Waals surface area (Å²) in [5, 5.41) is 11.3. The lowest BCUT2D eigenvalue weighted by Gasteiger charge is -2.13. The van der Waals surface area contributed by atoms with Crippen molar-refractivity contribution in [1.29, 1.82) is 0 Å². The lowest BCUT2D eigenvalue weighted by atomic mass is 10.1. The lowest BCUT2D eigenvalue weighted by Crippen LogP contribution is -2.28. The fraction of sp³-hybridized carbons (Fsp3) is 0.192. The molecule has 4 aromatic heterocycles. The molecule has 5 aromatic rings. The zero-order chi connectivity index (χ0) is 29.4. The predicted octanol–water partition coefficient (Wildman–Crippen LogP) is 4.91. The normalized spacial score (nSPS) is 12.3. The maximum absolute atomic E-state index is 14.2. The molecule has 0 aliphatic rings. The van der Waals surface area contributed by atoms with Gasteiger partial charge in [0.25, 0.3) is 18.6 Å². The number of nitrogens with two attached hydrogens (primary N) is 1. The molecule has 41 heavy (non-hydrogen) atoms. The van der Waals surface area contributed by atoms with Crippen LogP contribution in [-0.4, -0.2) is 46.8 Å². The number of fused-ring (bicyclic) bond motifs is 1. The predicted molar refractivity (Wildman–Crippen MR) is 146 cm³/mol. The summed E-state index contributed by atoms with van der Waals surface area (Å²) >= 11 is 5.92. The number of carbonyl (C=O) groups is 1. The Bertz CT molecular complexity index is 1810. The fourth-order valence-corrected chi connectivity index (χ4v) is 4.13. The van der Waals surface area contributed by atoms with Gasteiger partial charge in [0.05, 0.1) is 21.7 Å². The zero-order valence-electron chi connectivity index (χ0n) is 21.5. The third-order valence-corrected chi connectivity index (χ3v) is 6.28. The van der Waals surface area contributed by atoms with Crippen molar-refractivity contribution in [3.05, 3.63) is 76.1 Å². The van der Waals surface area contributed by atoms with Crippen molar-refractivity contribution in [3.8, 4) is 22.5 Å². The van der Waals surface area contributed by atoms with E-state index in [0.29, 0.717) is 21.0 Å². The van der Waals surface area contributed by atoms with Crippen molar-refractivity contribution in [2.75, 3.05) is 11.1 Å². The van der Waals surface area contributed by atoms with Crippen LogP contribution in [0.25, 0.3) is 33.5 Å². The summed E-state index contributed by atoms with van der Waals surface area (Å²) in [4.78, 5) is 38.3. The molecule has 15 heteroatoms. The molecule has 3 N–H and O–H groups in total. The molecule has 1 atom stereocenters. The second kappa shape index (κ2) is 11.0. The Balaban J connectivity index is 1.48. The van der Waals surface area contributed by atoms with Gasteiger partial charge in [0.2, 0.25) is 5.43 Å². The van der Waals surface area contributed by atoms with Crippen molar-refractivity contribution in [3.63, 3.8) is 0 Å². The molecule has 0 spiro atoms. The van der Waals surface area contributed by atoms with Crippen LogP contribution in [0.5, 0.6) is 0 Å². The van der Waals surface area contributed by atoms with Crippen LogP contribution in [0.1, 0.15) is 36.7 Å². The molecule has 0 bridgehead atoms. The van der Waals surface area contributed by atoms with E-state index in [1.54, 1.807) is 12.1 Å². The third kappa shape index (κ3) is 5.33. The first-order chi connectivity index (χ1) is 19.5. The number of hydrogen-bond donors (Lipinski definition) is 2. The van der Waals surface area contributed by atoms with Gasteiger partial charge in [0.15, 0.2) is 11.3 Å². The number of alkyl halides is 3. The first-order valence-electron chi connectivity index (χ1n) is 12.1. The highest BCUT2D eigenvalue weighted by Gasteiger charge is 2.28. The number of amides is 1. The Kier molecular flexibility index (Phi) is 7.41. The largest absolute Gasteiger partial charge is 0.383 e. The number of rotatable bonds is 7. The summed E-state index contributed by atoms with van der Waals surface area (Å²) in [6, 6.07) is 8.98. The van der Waals surface area contributed by atoms with Crippen molar-refractivity contribution >= 4 is 40.0 Å². The molecule has 11 nitrogen and oxygen atoms in total. The number of pyridine rings is 1. The van der Waals surface area contributed by atoms with E-state index in [-0.39, 0.29) is 45.5 Å². The molecule has 210 valence electrons. The quantitative estimate of drug-likeness (QED) is 0.275. The van der Waals surface area contributed by atoms with Gasteiger partial charge >= 0.3 is 0 Å². The van der Waals surface area contributed by atoms with E-state index in [0.717, 1.165) is 6.33 Å². The number of nitrogen functional groups attached to an aromatic ring is 1. The van der Waals surface area contributed by atoms with E-state index in [4.69, 9.17) is 17.3 Å². The van der Waals surface area contributed by atoms with Gasteiger partial charge in [-0.15, -0.1) is 0 Å². The fourth-order valence-electron chi connectivity index (χ4n) is 4.02. The van der Waals surface area contributed by atoms with Gasteiger partial charge in [-0.1, -0.05) is 23.7 Å². The SMILES string of the molecule is CC(C)n1cc(-c2ccc(Cl)cn2)c(=O)c(C(=O)Nc2ccc(-c3nn(C(F)C(F)F)c4ncnc(N)c34)cc2)n1. The van der Waals surface area contributed by atoms with Crippen molar-refractivity contribution in [2.24, 2.45) is 0 Å². The van der Waals surface area contributed by atoms with E-state index in [2.05, 4.69) is 30.5 Å². The van der Waals surface area contributed by atoms with Crippen LogP contribution in [0, 0.1) is 0 Å². The van der Waals surface area contributed by atoms with E-state index >= 15 is 0 Å². The summed E-state index contributed by atoms with van der Waals surface area (Å²) in [6.07, 6.45) is -2.16. The van der Waals surface area contributed by atoms with Crippen LogP contribution in [0.15, 0.2) is 59.9 Å². The number of aromatic nitrogens is 7.